The number of aliphatic hydroxyl groups is 5. The molecule has 0 saturated heterocycles. The predicted octanol–water partition coefficient (Wildman–Crippen LogP) is 11.1. The monoisotopic (exact) mass is 957 g/mol. The molecular formula is C52H93O13P. The molecule has 6 atom stereocenters. The number of phosphoric ester groups is 1. The minimum Gasteiger partial charge on any atom is -0.462 e. The summed E-state index contributed by atoms with van der Waals surface area (Å²) in [7, 11) is -5.13. The molecule has 66 heavy (non-hydrogen) atoms. The van der Waals surface area contributed by atoms with E-state index in [0.717, 1.165) is 83.5 Å². The molecule has 0 amide bonds. The lowest BCUT2D eigenvalue weighted by Gasteiger charge is -2.41. The van der Waals surface area contributed by atoms with Crippen LogP contribution in [0.4, 0.5) is 0 Å². The van der Waals surface area contributed by atoms with Gasteiger partial charge < -0.3 is 39.9 Å². The van der Waals surface area contributed by atoms with Crippen LogP contribution in [0.1, 0.15) is 213 Å². The molecule has 0 radical (unpaired) electrons. The minimum absolute atomic E-state index is 0.0809. The molecule has 0 aliphatic heterocycles. The highest BCUT2D eigenvalue weighted by molar-refractivity contribution is 7.47. The van der Waals surface area contributed by atoms with Gasteiger partial charge in [0.15, 0.2) is 6.10 Å². The van der Waals surface area contributed by atoms with Gasteiger partial charge in [-0.05, 0) is 51.4 Å². The van der Waals surface area contributed by atoms with Crippen molar-refractivity contribution in [2.75, 3.05) is 13.2 Å². The number of esters is 2. The van der Waals surface area contributed by atoms with Crippen molar-refractivity contribution in [3.05, 3.63) is 48.6 Å². The third-order valence-electron chi connectivity index (χ3n) is 11.9. The summed E-state index contributed by atoms with van der Waals surface area (Å²) in [6.45, 7) is 3.21. The van der Waals surface area contributed by atoms with Crippen molar-refractivity contribution in [3.8, 4) is 0 Å². The van der Waals surface area contributed by atoms with Gasteiger partial charge in [-0.25, -0.2) is 4.57 Å². The van der Waals surface area contributed by atoms with Crippen LogP contribution in [0.25, 0.3) is 0 Å². The topological polar surface area (TPSA) is 210 Å². The molecule has 0 bridgehead atoms. The summed E-state index contributed by atoms with van der Waals surface area (Å²) in [6, 6.07) is 0. The molecule has 0 aromatic heterocycles. The Hall–Kier alpha value is -2.19. The second kappa shape index (κ2) is 41.8. The smallest absolute Gasteiger partial charge is 0.462 e. The van der Waals surface area contributed by atoms with Crippen LogP contribution in [0.2, 0.25) is 0 Å². The number of unbranched alkanes of at least 4 members (excludes halogenated alkanes) is 23. The first-order valence-corrected chi connectivity index (χ1v) is 27.4. The molecule has 6 unspecified atom stereocenters. The second-order valence-electron chi connectivity index (χ2n) is 18.0. The van der Waals surface area contributed by atoms with Crippen LogP contribution in [0.3, 0.4) is 0 Å². The van der Waals surface area contributed by atoms with Crippen LogP contribution in [-0.2, 0) is 32.7 Å². The van der Waals surface area contributed by atoms with Crippen LogP contribution in [0.5, 0.6) is 0 Å². The summed E-state index contributed by atoms with van der Waals surface area (Å²) in [5.74, 6) is -1.11. The van der Waals surface area contributed by atoms with Crippen molar-refractivity contribution in [1.82, 2.24) is 0 Å². The quantitative estimate of drug-likeness (QED) is 0.0146. The number of allylic oxidation sites excluding steroid dienone is 8. The highest BCUT2D eigenvalue weighted by atomic mass is 31.2. The Morgan fingerprint density at radius 2 is 0.864 bits per heavy atom. The summed E-state index contributed by atoms with van der Waals surface area (Å²) in [5.41, 5.74) is 0. The van der Waals surface area contributed by atoms with Gasteiger partial charge in [0.2, 0.25) is 0 Å². The molecule has 0 spiro atoms. The zero-order valence-corrected chi connectivity index (χ0v) is 41.9. The van der Waals surface area contributed by atoms with E-state index in [1.807, 2.05) is 0 Å². The molecule has 13 nitrogen and oxygen atoms in total. The van der Waals surface area contributed by atoms with Gasteiger partial charge in [-0.2, -0.15) is 0 Å². The first kappa shape index (κ1) is 61.8. The largest absolute Gasteiger partial charge is 0.472 e. The van der Waals surface area contributed by atoms with Crippen molar-refractivity contribution in [1.29, 1.82) is 0 Å². The van der Waals surface area contributed by atoms with E-state index >= 15 is 0 Å². The lowest BCUT2D eigenvalue weighted by molar-refractivity contribution is -0.220. The van der Waals surface area contributed by atoms with E-state index in [1.165, 1.54) is 89.9 Å². The molecule has 14 heteroatoms. The zero-order chi connectivity index (χ0) is 48.5. The van der Waals surface area contributed by atoms with E-state index in [4.69, 9.17) is 18.5 Å². The molecule has 0 aromatic rings. The Balaban J connectivity index is 2.40. The SMILES string of the molecule is CC/C=C\C/C=C\C/C=C\C/C=C\CCCCCCCCC(=O)OC(COC(=O)CCCCCCCCCCCCCCCCCCCC)COP(=O)(O)OC1C(O)C(O)C(O)C(O)C1O. The lowest BCUT2D eigenvalue weighted by Crippen LogP contribution is -2.64. The molecule has 1 aliphatic carbocycles. The fourth-order valence-electron chi connectivity index (χ4n) is 7.81. The van der Waals surface area contributed by atoms with Crippen molar-refractivity contribution >= 4 is 19.8 Å². The Bertz CT molecular complexity index is 1340. The maximum atomic E-state index is 12.9. The highest BCUT2D eigenvalue weighted by Gasteiger charge is 2.51. The summed E-state index contributed by atoms with van der Waals surface area (Å²) in [6.07, 6.45) is 37.2. The maximum absolute atomic E-state index is 12.9. The van der Waals surface area contributed by atoms with E-state index < -0.39 is 75.7 Å². The van der Waals surface area contributed by atoms with Gasteiger partial charge in [0.1, 0.15) is 43.2 Å². The Labute approximate surface area is 399 Å². The first-order valence-electron chi connectivity index (χ1n) is 25.9. The van der Waals surface area contributed by atoms with E-state index in [0.29, 0.717) is 12.8 Å². The van der Waals surface area contributed by atoms with Crippen LogP contribution < -0.4 is 0 Å². The summed E-state index contributed by atoms with van der Waals surface area (Å²) in [5, 5.41) is 50.3. The lowest BCUT2D eigenvalue weighted by atomic mass is 9.85. The van der Waals surface area contributed by atoms with E-state index in [2.05, 4.69) is 62.5 Å². The Kier molecular flexibility index (Phi) is 39.1. The Morgan fingerprint density at radius 3 is 1.32 bits per heavy atom. The number of ether oxygens (including phenoxy) is 2. The molecule has 1 fully saturated rings. The van der Waals surface area contributed by atoms with Gasteiger partial charge >= 0.3 is 19.8 Å². The average molecular weight is 957 g/mol. The molecule has 6 N–H and O–H groups in total. The van der Waals surface area contributed by atoms with Gasteiger partial charge in [-0.15, -0.1) is 0 Å². The third kappa shape index (κ3) is 33.3. The number of hydrogen-bond donors (Lipinski definition) is 6. The van der Waals surface area contributed by atoms with Crippen LogP contribution in [0.15, 0.2) is 48.6 Å². The van der Waals surface area contributed by atoms with Gasteiger partial charge in [0.25, 0.3) is 0 Å². The number of aliphatic hydroxyl groups excluding tert-OH is 5. The molecule has 1 saturated carbocycles. The van der Waals surface area contributed by atoms with E-state index in [9.17, 15) is 44.6 Å². The van der Waals surface area contributed by atoms with Crippen LogP contribution in [0, 0.1) is 0 Å². The zero-order valence-electron chi connectivity index (χ0n) is 41.0. The Morgan fingerprint density at radius 1 is 0.485 bits per heavy atom. The standard InChI is InChI=1S/C52H93O13P/c1-3-5-7-9-11-13-15-17-19-21-23-25-27-29-31-33-35-37-39-41-46(54)64-44(43-63-66(60,61)65-52-50(58)48(56)47(55)49(57)51(52)59)42-62-45(53)40-38-36-34-32-30-28-26-24-22-20-18-16-14-12-10-8-6-4-2/h5,7,11,13,17,19,23,25,44,47-52,55-59H,3-4,6,8-10,12,14-16,18,20-22,24,26-43H2,1-2H3,(H,60,61)/b7-5-,13-11-,19-17-,25-23-. The average Bonchev–Trinajstić information content (AvgIpc) is 3.30. The fraction of sp³-hybridized carbons (Fsp3) is 0.808. The summed E-state index contributed by atoms with van der Waals surface area (Å²) < 4.78 is 33.6. The van der Waals surface area contributed by atoms with Crippen LogP contribution in [-0.4, -0.2) is 98.3 Å². The maximum Gasteiger partial charge on any atom is 0.472 e. The normalized spacial score (nSPS) is 21.6. The van der Waals surface area contributed by atoms with Crippen molar-refractivity contribution < 1.29 is 63.1 Å². The van der Waals surface area contributed by atoms with Gasteiger partial charge in [-0.1, -0.05) is 197 Å². The predicted molar refractivity (Wildman–Crippen MR) is 263 cm³/mol. The number of carbonyl (C=O) groups excluding carboxylic acids is 2. The van der Waals surface area contributed by atoms with Crippen molar-refractivity contribution in [2.45, 2.75) is 256 Å². The van der Waals surface area contributed by atoms with Gasteiger partial charge in [0, 0.05) is 12.8 Å². The second-order valence-corrected chi connectivity index (χ2v) is 19.4. The molecule has 0 aromatic carbocycles. The molecule has 384 valence electrons. The number of carbonyl (C=O) groups is 2. The van der Waals surface area contributed by atoms with E-state index in [1.54, 1.807) is 0 Å². The highest BCUT2D eigenvalue weighted by Crippen LogP contribution is 2.47. The fourth-order valence-corrected chi connectivity index (χ4v) is 8.78. The molecular weight excluding hydrogens is 864 g/mol. The van der Waals surface area contributed by atoms with Crippen LogP contribution >= 0.6 is 7.82 Å². The van der Waals surface area contributed by atoms with Gasteiger partial charge in [0.05, 0.1) is 6.61 Å². The third-order valence-corrected chi connectivity index (χ3v) is 12.9. The molecule has 1 rings (SSSR count). The number of hydrogen-bond acceptors (Lipinski definition) is 12. The van der Waals surface area contributed by atoms with Gasteiger partial charge in [-0.3, -0.25) is 18.6 Å². The van der Waals surface area contributed by atoms with E-state index in [-0.39, 0.29) is 12.8 Å². The number of phosphoric acid groups is 1. The molecule has 1 aliphatic rings. The minimum atomic E-state index is -5.13. The first-order chi connectivity index (χ1) is 31.9. The summed E-state index contributed by atoms with van der Waals surface area (Å²) >= 11 is 0. The summed E-state index contributed by atoms with van der Waals surface area (Å²) in [4.78, 5) is 35.8. The molecule has 0 heterocycles. The van der Waals surface area contributed by atoms with Crippen molar-refractivity contribution in [2.24, 2.45) is 0 Å². The number of rotatable bonds is 43. The van der Waals surface area contributed by atoms with Crippen molar-refractivity contribution in [3.63, 3.8) is 0 Å².